The van der Waals surface area contributed by atoms with Gasteiger partial charge in [0.25, 0.3) is 0 Å². The summed E-state index contributed by atoms with van der Waals surface area (Å²) in [7, 11) is 0. The predicted octanol–water partition coefficient (Wildman–Crippen LogP) is 2.88. The second kappa shape index (κ2) is 6.99. The largest absolute Gasteiger partial charge is 0.435 e. The van der Waals surface area contributed by atoms with Crippen molar-refractivity contribution in [2.75, 3.05) is 13.1 Å². The summed E-state index contributed by atoms with van der Waals surface area (Å²) in [5, 5.41) is 9.57. The van der Waals surface area contributed by atoms with Crippen LogP contribution in [0.4, 0.5) is 8.78 Å². The zero-order valence-electron chi connectivity index (χ0n) is 11.6. The summed E-state index contributed by atoms with van der Waals surface area (Å²) in [5.74, 6) is 0.580. The number of benzene rings is 1. The lowest BCUT2D eigenvalue weighted by atomic mass is 9.92. The number of alkyl halides is 2. The topological polar surface area (TPSA) is 32.7 Å². The molecule has 0 saturated carbocycles. The molecule has 0 spiro atoms. The molecule has 1 aromatic carbocycles. The normalized spacial score (nSPS) is 19.2. The highest BCUT2D eigenvalue weighted by molar-refractivity contribution is 5.28. The summed E-state index contributed by atoms with van der Waals surface area (Å²) in [4.78, 5) is 2.28. The maximum absolute atomic E-state index is 12.2. The Balaban J connectivity index is 1.88. The van der Waals surface area contributed by atoms with E-state index in [1.807, 2.05) is 13.0 Å². The number of ether oxygens (including phenoxy) is 1. The second-order valence-corrected chi connectivity index (χ2v) is 5.38. The Morgan fingerprint density at radius 1 is 1.35 bits per heavy atom. The summed E-state index contributed by atoms with van der Waals surface area (Å²) in [6.45, 7) is 1.63. The van der Waals surface area contributed by atoms with Gasteiger partial charge < -0.3 is 9.84 Å². The van der Waals surface area contributed by atoms with Crippen molar-refractivity contribution in [3.63, 3.8) is 0 Å². The maximum atomic E-state index is 12.2. The van der Waals surface area contributed by atoms with Gasteiger partial charge in [-0.1, -0.05) is 12.1 Å². The first-order valence-corrected chi connectivity index (χ1v) is 6.99. The van der Waals surface area contributed by atoms with Crippen LogP contribution in [0.25, 0.3) is 0 Å². The van der Waals surface area contributed by atoms with Gasteiger partial charge in [-0.05, 0) is 56.5 Å². The molecule has 1 aliphatic rings. The van der Waals surface area contributed by atoms with E-state index in [-0.39, 0.29) is 11.9 Å². The fourth-order valence-corrected chi connectivity index (χ4v) is 2.67. The lowest BCUT2D eigenvalue weighted by molar-refractivity contribution is -0.0499. The van der Waals surface area contributed by atoms with Crippen LogP contribution >= 0.6 is 0 Å². The third-order valence-corrected chi connectivity index (χ3v) is 3.84. The van der Waals surface area contributed by atoms with E-state index in [0.717, 1.165) is 38.0 Å². The molecule has 1 atom stereocenters. The van der Waals surface area contributed by atoms with Gasteiger partial charge in [-0.25, -0.2) is 0 Å². The summed E-state index contributed by atoms with van der Waals surface area (Å²) >= 11 is 0. The van der Waals surface area contributed by atoms with Crippen LogP contribution in [0.1, 0.15) is 25.3 Å². The van der Waals surface area contributed by atoms with Crippen LogP contribution < -0.4 is 4.74 Å². The smallest absolute Gasteiger partial charge is 0.387 e. The molecular weight excluding hydrogens is 264 g/mol. The van der Waals surface area contributed by atoms with E-state index in [1.165, 1.54) is 6.07 Å². The number of halogens is 2. The molecule has 1 aromatic rings. The molecular formula is C15H21F2NO2. The Morgan fingerprint density at radius 2 is 2.05 bits per heavy atom. The van der Waals surface area contributed by atoms with E-state index in [1.54, 1.807) is 12.1 Å². The van der Waals surface area contributed by atoms with Gasteiger partial charge in [0.1, 0.15) is 5.75 Å². The molecule has 1 fully saturated rings. The molecule has 0 bridgehead atoms. The molecule has 1 N–H and O–H groups in total. The molecule has 2 rings (SSSR count). The minimum Gasteiger partial charge on any atom is -0.435 e. The Labute approximate surface area is 118 Å². The van der Waals surface area contributed by atoms with Gasteiger partial charge in [0.2, 0.25) is 0 Å². The number of rotatable bonds is 5. The van der Waals surface area contributed by atoms with Crippen molar-refractivity contribution in [3.8, 4) is 5.75 Å². The number of likely N-dealkylation sites (tertiary alicyclic amines) is 1. The summed E-state index contributed by atoms with van der Waals surface area (Å²) in [6, 6.07) is 6.84. The molecule has 1 saturated heterocycles. The van der Waals surface area contributed by atoms with Gasteiger partial charge in [0.15, 0.2) is 0 Å². The number of nitrogens with zero attached hydrogens (tertiary/aromatic N) is 1. The molecule has 5 heteroatoms. The second-order valence-electron chi connectivity index (χ2n) is 5.38. The van der Waals surface area contributed by atoms with Crippen LogP contribution in [-0.4, -0.2) is 35.8 Å². The third-order valence-electron chi connectivity index (χ3n) is 3.84. The quantitative estimate of drug-likeness (QED) is 0.903. The minimum atomic E-state index is -2.79. The summed E-state index contributed by atoms with van der Waals surface area (Å²) < 4.78 is 28.8. The van der Waals surface area contributed by atoms with Crippen molar-refractivity contribution < 1.29 is 18.6 Å². The highest BCUT2D eigenvalue weighted by Gasteiger charge is 2.22. The summed E-state index contributed by atoms with van der Waals surface area (Å²) in [6.07, 6.45) is 1.70. The lowest BCUT2D eigenvalue weighted by Crippen LogP contribution is -2.36. The highest BCUT2D eigenvalue weighted by Crippen LogP contribution is 2.23. The van der Waals surface area contributed by atoms with Crippen molar-refractivity contribution in [2.45, 2.75) is 39.0 Å². The average Bonchev–Trinajstić information content (AvgIpc) is 2.39. The van der Waals surface area contributed by atoms with Gasteiger partial charge in [-0.3, -0.25) is 4.90 Å². The first kappa shape index (κ1) is 15.2. The van der Waals surface area contributed by atoms with Gasteiger partial charge >= 0.3 is 6.61 Å². The number of aliphatic hydroxyl groups is 1. The van der Waals surface area contributed by atoms with Crippen LogP contribution in [0.2, 0.25) is 0 Å². The van der Waals surface area contributed by atoms with Crippen LogP contribution in [0.15, 0.2) is 24.3 Å². The lowest BCUT2D eigenvalue weighted by Gasteiger charge is -2.33. The highest BCUT2D eigenvalue weighted by atomic mass is 19.3. The zero-order chi connectivity index (χ0) is 14.5. The standard InChI is InChI=1S/C15H21F2NO2/c1-11(19)13-5-7-18(8-6-13)10-12-3-2-4-14(9-12)20-15(16)17/h2-4,9,11,13,15,19H,5-8,10H2,1H3. The van der Waals surface area contributed by atoms with Crippen molar-refractivity contribution in [2.24, 2.45) is 5.92 Å². The Kier molecular flexibility index (Phi) is 5.31. The van der Waals surface area contributed by atoms with E-state index in [0.29, 0.717) is 5.92 Å². The van der Waals surface area contributed by atoms with Crippen LogP contribution in [0.5, 0.6) is 5.75 Å². The van der Waals surface area contributed by atoms with Gasteiger partial charge in [0, 0.05) is 6.54 Å². The van der Waals surface area contributed by atoms with E-state index in [9.17, 15) is 13.9 Å². The predicted molar refractivity (Wildman–Crippen MR) is 72.8 cm³/mol. The van der Waals surface area contributed by atoms with Crippen molar-refractivity contribution >= 4 is 0 Å². The van der Waals surface area contributed by atoms with E-state index < -0.39 is 6.61 Å². The fourth-order valence-electron chi connectivity index (χ4n) is 2.67. The fraction of sp³-hybridized carbons (Fsp3) is 0.600. The number of hydrogen-bond acceptors (Lipinski definition) is 3. The van der Waals surface area contributed by atoms with Crippen LogP contribution in [0.3, 0.4) is 0 Å². The van der Waals surface area contributed by atoms with Crippen LogP contribution in [0, 0.1) is 5.92 Å². The number of aliphatic hydroxyl groups excluding tert-OH is 1. The molecule has 1 unspecified atom stereocenters. The van der Waals surface area contributed by atoms with E-state index in [4.69, 9.17) is 0 Å². The van der Waals surface area contributed by atoms with E-state index >= 15 is 0 Å². The molecule has 0 aliphatic carbocycles. The first-order chi connectivity index (χ1) is 9.54. The maximum Gasteiger partial charge on any atom is 0.387 e. The molecule has 20 heavy (non-hydrogen) atoms. The molecule has 3 nitrogen and oxygen atoms in total. The monoisotopic (exact) mass is 285 g/mol. The Hall–Kier alpha value is -1.20. The molecule has 0 aromatic heterocycles. The van der Waals surface area contributed by atoms with Crippen LogP contribution in [-0.2, 0) is 6.54 Å². The molecule has 0 amide bonds. The average molecular weight is 285 g/mol. The van der Waals surface area contributed by atoms with Gasteiger partial charge in [-0.2, -0.15) is 8.78 Å². The number of hydrogen-bond donors (Lipinski definition) is 1. The molecule has 112 valence electrons. The zero-order valence-corrected chi connectivity index (χ0v) is 11.6. The molecule has 1 heterocycles. The first-order valence-electron chi connectivity index (χ1n) is 6.99. The van der Waals surface area contributed by atoms with Gasteiger partial charge in [-0.15, -0.1) is 0 Å². The minimum absolute atomic E-state index is 0.205. The van der Waals surface area contributed by atoms with Crippen molar-refractivity contribution in [1.82, 2.24) is 4.90 Å². The Bertz CT molecular complexity index is 418. The van der Waals surface area contributed by atoms with Gasteiger partial charge in [0.05, 0.1) is 6.10 Å². The number of piperidine rings is 1. The third kappa shape index (κ3) is 4.42. The van der Waals surface area contributed by atoms with Crippen molar-refractivity contribution in [1.29, 1.82) is 0 Å². The van der Waals surface area contributed by atoms with Crippen molar-refractivity contribution in [3.05, 3.63) is 29.8 Å². The SMILES string of the molecule is CC(O)C1CCN(Cc2cccc(OC(F)F)c2)CC1. The Morgan fingerprint density at radius 3 is 2.65 bits per heavy atom. The summed E-state index contributed by atoms with van der Waals surface area (Å²) in [5.41, 5.74) is 0.971. The molecule has 0 radical (unpaired) electrons. The van der Waals surface area contributed by atoms with E-state index in [2.05, 4.69) is 9.64 Å². The molecule has 1 aliphatic heterocycles.